The Bertz CT molecular complexity index is 807. The van der Waals surface area contributed by atoms with E-state index in [2.05, 4.69) is 53.5 Å². The Morgan fingerprint density at radius 1 is 0.862 bits per heavy atom. The fraction of sp³-hybridized carbons (Fsp3) is 0.417. The number of rotatable bonds is 7. The van der Waals surface area contributed by atoms with Crippen LogP contribution >= 0.6 is 0 Å². The topological polar surface area (TPSA) is 52.7 Å². The van der Waals surface area contributed by atoms with Crippen molar-refractivity contribution in [3.05, 3.63) is 65.2 Å². The molecule has 5 heteroatoms. The second-order valence-electron chi connectivity index (χ2n) is 7.84. The normalized spacial score (nSPS) is 14.6. The quantitative estimate of drug-likeness (QED) is 0.786. The van der Waals surface area contributed by atoms with Gasteiger partial charge < -0.3 is 10.2 Å². The summed E-state index contributed by atoms with van der Waals surface area (Å²) in [5.74, 6) is 0.211. The molecule has 1 heterocycles. The van der Waals surface area contributed by atoms with Gasteiger partial charge in [-0.1, -0.05) is 42.0 Å². The number of hydrogen-bond donors (Lipinski definition) is 1. The summed E-state index contributed by atoms with van der Waals surface area (Å²) in [4.78, 5) is 28.0. The van der Waals surface area contributed by atoms with E-state index in [-0.39, 0.29) is 11.8 Å². The van der Waals surface area contributed by atoms with Crippen LogP contribution in [0.3, 0.4) is 0 Å². The van der Waals surface area contributed by atoms with Crippen LogP contribution in [0.2, 0.25) is 0 Å². The van der Waals surface area contributed by atoms with Crippen LogP contribution in [0, 0.1) is 6.92 Å². The lowest BCUT2D eigenvalue weighted by molar-refractivity contribution is -0.132. The summed E-state index contributed by atoms with van der Waals surface area (Å²) in [5.41, 5.74) is 4.57. The van der Waals surface area contributed by atoms with Crippen molar-refractivity contribution in [3.8, 4) is 0 Å². The summed E-state index contributed by atoms with van der Waals surface area (Å²) in [6.07, 6.45) is 2.37. The van der Waals surface area contributed by atoms with Crippen molar-refractivity contribution >= 4 is 17.5 Å². The lowest BCUT2D eigenvalue weighted by Gasteiger charge is -2.34. The Kier molecular flexibility index (Phi) is 7.42. The summed E-state index contributed by atoms with van der Waals surface area (Å²) < 4.78 is 0. The second kappa shape index (κ2) is 10.2. The third-order valence-corrected chi connectivity index (χ3v) is 5.46. The molecule has 0 bridgehead atoms. The molecule has 29 heavy (non-hydrogen) atoms. The van der Waals surface area contributed by atoms with Gasteiger partial charge in [0.15, 0.2) is 0 Å². The molecule has 1 aliphatic heterocycles. The van der Waals surface area contributed by atoms with Gasteiger partial charge in [0.2, 0.25) is 11.8 Å². The zero-order valence-corrected chi connectivity index (χ0v) is 17.5. The average Bonchev–Trinajstić information content (AvgIpc) is 2.72. The number of benzene rings is 2. The van der Waals surface area contributed by atoms with Crippen LogP contribution in [-0.4, -0.2) is 54.3 Å². The van der Waals surface area contributed by atoms with Crippen LogP contribution in [0.25, 0.3) is 0 Å². The molecule has 0 unspecified atom stereocenters. The van der Waals surface area contributed by atoms with Crippen LogP contribution < -0.4 is 5.32 Å². The molecule has 2 aromatic carbocycles. The number of aryl methyl sites for hydroxylation is 2. The Labute approximate surface area is 173 Å². The van der Waals surface area contributed by atoms with Crippen LogP contribution in [0.4, 0.5) is 5.69 Å². The van der Waals surface area contributed by atoms with E-state index in [9.17, 15) is 9.59 Å². The molecule has 5 nitrogen and oxygen atoms in total. The van der Waals surface area contributed by atoms with Crippen molar-refractivity contribution in [2.45, 2.75) is 33.1 Å². The lowest BCUT2D eigenvalue weighted by Crippen LogP contribution is -2.49. The van der Waals surface area contributed by atoms with E-state index >= 15 is 0 Å². The first-order valence-electron chi connectivity index (χ1n) is 10.4. The summed E-state index contributed by atoms with van der Waals surface area (Å²) >= 11 is 0. The minimum atomic E-state index is -0.0518. The molecule has 2 aromatic rings. The van der Waals surface area contributed by atoms with Gasteiger partial charge in [-0.25, -0.2) is 0 Å². The van der Waals surface area contributed by atoms with Crippen molar-refractivity contribution < 1.29 is 9.59 Å². The molecule has 1 N–H and O–H groups in total. The first kappa shape index (κ1) is 21.1. The largest absolute Gasteiger partial charge is 0.340 e. The fourth-order valence-electron chi connectivity index (χ4n) is 3.63. The molecule has 0 aliphatic carbocycles. The molecule has 1 saturated heterocycles. The second-order valence-corrected chi connectivity index (χ2v) is 7.84. The number of anilines is 1. The highest BCUT2D eigenvalue weighted by Crippen LogP contribution is 2.12. The molecule has 154 valence electrons. The maximum Gasteiger partial charge on any atom is 0.222 e. The number of nitrogens with one attached hydrogen (secondary N) is 1. The summed E-state index contributed by atoms with van der Waals surface area (Å²) in [7, 11) is 0. The molecular weight excluding hydrogens is 362 g/mol. The van der Waals surface area contributed by atoms with Crippen molar-refractivity contribution in [3.63, 3.8) is 0 Å². The van der Waals surface area contributed by atoms with Crippen LogP contribution in [0.15, 0.2) is 48.5 Å². The van der Waals surface area contributed by atoms with Crippen LogP contribution in [-0.2, 0) is 22.4 Å². The summed E-state index contributed by atoms with van der Waals surface area (Å²) in [6, 6.07) is 16.5. The minimum Gasteiger partial charge on any atom is -0.340 e. The molecule has 2 amide bonds. The van der Waals surface area contributed by atoms with Gasteiger partial charge in [0, 0.05) is 51.8 Å². The highest BCUT2D eigenvalue weighted by atomic mass is 16.2. The molecule has 0 atom stereocenters. The first-order valence-corrected chi connectivity index (χ1v) is 10.4. The molecule has 1 aliphatic rings. The zero-order chi connectivity index (χ0) is 20.6. The van der Waals surface area contributed by atoms with Gasteiger partial charge in [0.1, 0.15) is 0 Å². The van der Waals surface area contributed by atoms with Gasteiger partial charge in [-0.3, -0.25) is 14.5 Å². The minimum absolute atomic E-state index is 0.0518. The number of carbonyl (C=O) groups is 2. The predicted octanol–water partition coefficient (Wildman–Crippen LogP) is 3.27. The van der Waals surface area contributed by atoms with Gasteiger partial charge in [0.05, 0.1) is 0 Å². The average molecular weight is 394 g/mol. The van der Waals surface area contributed by atoms with Gasteiger partial charge in [-0.15, -0.1) is 0 Å². The van der Waals surface area contributed by atoms with Crippen LogP contribution in [0.1, 0.15) is 30.0 Å². The van der Waals surface area contributed by atoms with E-state index in [1.807, 2.05) is 17.0 Å². The third kappa shape index (κ3) is 6.71. The molecule has 0 saturated carbocycles. The Morgan fingerprint density at radius 3 is 2.07 bits per heavy atom. The van der Waals surface area contributed by atoms with Crippen molar-refractivity contribution in [1.29, 1.82) is 0 Å². The van der Waals surface area contributed by atoms with Crippen molar-refractivity contribution in [1.82, 2.24) is 9.80 Å². The number of piperazine rings is 1. The van der Waals surface area contributed by atoms with E-state index in [4.69, 9.17) is 0 Å². The predicted molar refractivity (Wildman–Crippen MR) is 117 cm³/mol. The molecule has 1 fully saturated rings. The molecular formula is C24H31N3O2. The lowest BCUT2D eigenvalue weighted by atomic mass is 10.1. The SMILES string of the molecule is CC(=O)Nc1ccc(CCN2CCN(C(=O)CCc3ccc(C)cc3)CC2)cc1. The van der Waals surface area contributed by atoms with Gasteiger partial charge >= 0.3 is 0 Å². The van der Waals surface area contributed by atoms with Crippen molar-refractivity contribution in [2.24, 2.45) is 0 Å². The zero-order valence-electron chi connectivity index (χ0n) is 17.5. The van der Waals surface area contributed by atoms with E-state index in [0.29, 0.717) is 6.42 Å². The highest BCUT2D eigenvalue weighted by molar-refractivity contribution is 5.88. The number of carbonyl (C=O) groups excluding carboxylic acids is 2. The molecule has 3 rings (SSSR count). The van der Waals surface area contributed by atoms with Gasteiger partial charge in [0.25, 0.3) is 0 Å². The maximum atomic E-state index is 12.5. The Hall–Kier alpha value is -2.66. The smallest absolute Gasteiger partial charge is 0.222 e. The van der Waals surface area contributed by atoms with Crippen LogP contribution in [0.5, 0.6) is 0 Å². The highest BCUT2D eigenvalue weighted by Gasteiger charge is 2.20. The number of hydrogen-bond acceptors (Lipinski definition) is 3. The standard InChI is InChI=1S/C24H31N3O2/c1-19-3-5-21(6-4-19)9-12-24(29)27-17-15-26(16-18-27)14-13-22-7-10-23(11-8-22)25-20(2)28/h3-8,10-11H,9,12-18H2,1-2H3,(H,25,28). The monoisotopic (exact) mass is 393 g/mol. The van der Waals surface area contributed by atoms with E-state index in [1.165, 1.54) is 23.6 Å². The summed E-state index contributed by atoms with van der Waals surface area (Å²) in [6.45, 7) is 8.07. The first-order chi connectivity index (χ1) is 14.0. The van der Waals surface area contributed by atoms with Gasteiger partial charge in [-0.05, 0) is 43.0 Å². The summed E-state index contributed by atoms with van der Waals surface area (Å²) in [5, 5.41) is 2.79. The molecule has 0 spiro atoms. The Morgan fingerprint density at radius 2 is 1.45 bits per heavy atom. The number of amides is 2. The maximum absolute atomic E-state index is 12.5. The Balaban J connectivity index is 1.37. The number of nitrogens with zero attached hydrogens (tertiary/aromatic N) is 2. The van der Waals surface area contributed by atoms with E-state index < -0.39 is 0 Å². The molecule has 0 aromatic heterocycles. The molecule has 0 radical (unpaired) electrons. The van der Waals surface area contributed by atoms with Gasteiger partial charge in [-0.2, -0.15) is 0 Å². The van der Waals surface area contributed by atoms with E-state index in [1.54, 1.807) is 0 Å². The van der Waals surface area contributed by atoms with Crippen molar-refractivity contribution in [2.75, 3.05) is 38.0 Å². The fourth-order valence-corrected chi connectivity index (χ4v) is 3.63. The third-order valence-electron chi connectivity index (χ3n) is 5.46. The van der Waals surface area contributed by atoms with E-state index in [0.717, 1.165) is 51.3 Å².